The monoisotopic (exact) mass is 601 g/mol. The van der Waals surface area contributed by atoms with Gasteiger partial charge in [0, 0.05) is 17.6 Å². The van der Waals surface area contributed by atoms with Gasteiger partial charge in [0.25, 0.3) is 0 Å². The Kier molecular flexibility index (Phi) is 10.7. The molecule has 2 aromatic rings. The molecule has 0 aromatic heterocycles. The SMILES string of the molecule is CC[C@@H](C(=O)NC1CCCCC1)N(Cc1ccc(Cl)c(Cl)c1)C(=O)CN(c1ccc(C)c(Cl)c1)S(C)(=O)=O. The number of aryl methyl sites for hydroxylation is 1. The molecule has 7 nitrogen and oxygen atoms in total. The van der Waals surface area contributed by atoms with E-state index in [2.05, 4.69) is 5.32 Å². The quantitative estimate of drug-likeness (QED) is 0.363. The number of hydrogen-bond donors (Lipinski definition) is 1. The van der Waals surface area contributed by atoms with Crippen molar-refractivity contribution in [3.8, 4) is 0 Å². The van der Waals surface area contributed by atoms with Crippen LogP contribution in [0.5, 0.6) is 0 Å². The second kappa shape index (κ2) is 13.4. The summed E-state index contributed by atoms with van der Waals surface area (Å²) >= 11 is 18.6. The first kappa shape index (κ1) is 30.5. The van der Waals surface area contributed by atoms with Gasteiger partial charge in [0.15, 0.2) is 0 Å². The van der Waals surface area contributed by atoms with Gasteiger partial charge in [-0.1, -0.05) is 73.1 Å². The molecule has 38 heavy (non-hydrogen) atoms. The van der Waals surface area contributed by atoms with Gasteiger partial charge < -0.3 is 10.2 Å². The zero-order valence-electron chi connectivity index (χ0n) is 21.8. The Morgan fingerprint density at radius 1 is 1.00 bits per heavy atom. The number of anilines is 1. The molecule has 0 unspecified atom stereocenters. The fraction of sp³-hybridized carbons (Fsp3) is 0.481. The molecule has 0 radical (unpaired) electrons. The highest BCUT2D eigenvalue weighted by molar-refractivity contribution is 7.92. The molecule has 0 spiro atoms. The van der Waals surface area contributed by atoms with E-state index in [4.69, 9.17) is 34.8 Å². The lowest BCUT2D eigenvalue weighted by molar-refractivity contribution is -0.140. The van der Waals surface area contributed by atoms with Crippen LogP contribution < -0.4 is 9.62 Å². The van der Waals surface area contributed by atoms with Crippen molar-refractivity contribution in [2.75, 3.05) is 17.1 Å². The van der Waals surface area contributed by atoms with Crippen molar-refractivity contribution < 1.29 is 18.0 Å². The predicted molar refractivity (Wildman–Crippen MR) is 154 cm³/mol. The number of rotatable bonds is 10. The van der Waals surface area contributed by atoms with Crippen LogP contribution in [0.3, 0.4) is 0 Å². The lowest BCUT2D eigenvalue weighted by Crippen LogP contribution is -2.53. The van der Waals surface area contributed by atoms with Crippen LogP contribution in [-0.2, 0) is 26.2 Å². The molecule has 0 saturated heterocycles. The smallest absolute Gasteiger partial charge is 0.244 e. The van der Waals surface area contributed by atoms with Crippen molar-refractivity contribution in [1.82, 2.24) is 10.2 Å². The van der Waals surface area contributed by atoms with Gasteiger partial charge in [-0.3, -0.25) is 13.9 Å². The number of nitrogens with zero attached hydrogens (tertiary/aromatic N) is 2. The van der Waals surface area contributed by atoms with E-state index in [-0.39, 0.29) is 24.2 Å². The Labute approximate surface area is 240 Å². The topological polar surface area (TPSA) is 86.8 Å². The van der Waals surface area contributed by atoms with E-state index in [1.54, 1.807) is 37.3 Å². The second-order valence-corrected chi connectivity index (χ2v) is 12.9. The fourth-order valence-corrected chi connectivity index (χ4v) is 5.99. The molecular formula is C27H34Cl3N3O4S. The van der Waals surface area contributed by atoms with Crippen LogP contribution >= 0.6 is 34.8 Å². The molecule has 1 aliphatic rings. The minimum Gasteiger partial charge on any atom is -0.352 e. The van der Waals surface area contributed by atoms with Gasteiger partial charge in [0.2, 0.25) is 21.8 Å². The summed E-state index contributed by atoms with van der Waals surface area (Å²) in [6.07, 6.45) is 6.44. The molecule has 2 aromatic carbocycles. The highest BCUT2D eigenvalue weighted by atomic mass is 35.5. The maximum absolute atomic E-state index is 13.8. The van der Waals surface area contributed by atoms with E-state index in [1.165, 1.54) is 11.0 Å². The van der Waals surface area contributed by atoms with Crippen molar-refractivity contribution >= 4 is 62.3 Å². The molecule has 1 N–H and O–H groups in total. The molecule has 0 heterocycles. The number of sulfonamides is 1. The minimum atomic E-state index is -3.85. The van der Waals surface area contributed by atoms with Crippen molar-refractivity contribution in [2.24, 2.45) is 0 Å². The van der Waals surface area contributed by atoms with Crippen LogP contribution in [0.2, 0.25) is 15.1 Å². The number of amides is 2. The van der Waals surface area contributed by atoms with E-state index < -0.39 is 28.5 Å². The van der Waals surface area contributed by atoms with Crippen LogP contribution in [0.4, 0.5) is 5.69 Å². The largest absolute Gasteiger partial charge is 0.352 e. The Bertz CT molecular complexity index is 1270. The third-order valence-corrected chi connectivity index (χ3v) is 9.08. The number of benzene rings is 2. The summed E-state index contributed by atoms with van der Waals surface area (Å²) in [5, 5.41) is 4.19. The third-order valence-electron chi connectivity index (χ3n) is 6.80. The Hall–Kier alpha value is -2.00. The van der Waals surface area contributed by atoms with E-state index in [9.17, 15) is 18.0 Å². The summed E-state index contributed by atoms with van der Waals surface area (Å²) in [4.78, 5) is 28.7. The van der Waals surface area contributed by atoms with Crippen molar-refractivity contribution in [1.29, 1.82) is 0 Å². The molecule has 3 rings (SSSR count). The summed E-state index contributed by atoms with van der Waals surface area (Å²) in [6.45, 7) is 3.19. The number of halogens is 3. The van der Waals surface area contributed by atoms with Crippen LogP contribution in [0, 0.1) is 6.92 Å². The Morgan fingerprint density at radius 2 is 1.68 bits per heavy atom. The molecule has 208 valence electrons. The normalized spacial score (nSPS) is 15.1. The maximum Gasteiger partial charge on any atom is 0.244 e. The van der Waals surface area contributed by atoms with Gasteiger partial charge in [-0.15, -0.1) is 0 Å². The average molecular weight is 603 g/mol. The van der Waals surface area contributed by atoms with Gasteiger partial charge in [-0.05, 0) is 61.6 Å². The van der Waals surface area contributed by atoms with Gasteiger partial charge in [0.1, 0.15) is 12.6 Å². The molecule has 0 bridgehead atoms. The first-order valence-electron chi connectivity index (χ1n) is 12.7. The van der Waals surface area contributed by atoms with Gasteiger partial charge in [0.05, 0.1) is 22.0 Å². The molecular weight excluding hydrogens is 569 g/mol. The summed E-state index contributed by atoms with van der Waals surface area (Å²) in [5.41, 5.74) is 1.72. The van der Waals surface area contributed by atoms with E-state index >= 15 is 0 Å². The van der Waals surface area contributed by atoms with Crippen LogP contribution in [0.15, 0.2) is 36.4 Å². The third kappa shape index (κ3) is 8.01. The van der Waals surface area contributed by atoms with Crippen molar-refractivity contribution in [3.05, 3.63) is 62.6 Å². The Balaban J connectivity index is 1.94. The van der Waals surface area contributed by atoms with E-state index in [0.29, 0.717) is 27.1 Å². The minimum absolute atomic E-state index is 0.0541. The predicted octanol–water partition coefficient (Wildman–Crippen LogP) is 5.98. The summed E-state index contributed by atoms with van der Waals surface area (Å²) in [6, 6.07) is 9.07. The maximum atomic E-state index is 13.8. The lowest BCUT2D eigenvalue weighted by atomic mass is 9.95. The molecule has 1 aliphatic carbocycles. The molecule has 1 fully saturated rings. The highest BCUT2D eigenvalue weighted by Gasteiger charge is 2.33. The zero-order valence-corrected chi connectivity index (χ0v) is 24.9. The molecule has 0 aliphatic heterocycles. The second-order valence-electron chi connectivity index (χ2n) is 9.74. The van der Waals surface area contributed by atoms with Gasteiger partial charge in [-0.2, -0.15) is 0 Å². The average Bonchev–Trinajstić information content (AvgIpc) is 2.86. The lowest BCUT2D eigenvalue weighted by Gasteiger charge is -2.34. The molecule has 1 atom stereocenters. The van der Waals surface area contributed by atoms with Crippen LogP contribution in [0.25, 0.3) is 0 Å². The number of nitrogens with one attached hydrogen (secondary N) is 1. The number of hydrogen-bond acceptors (Lipinski definition) is 4. The summed E-state index contributed by atoms with van der Waals surface area (Å²) in [5.74, 6) is -0.777. The van der Waals surface area contributed by atoms with E-state index in [1.807, 2.05) is 6.92 Å². The Morgan fingerprint density at radius 3 is 2.26 bits per heavy atom. The van der Waals surface area contributed by atoms with Crippen LogP contribution in [-0.4, -0.2) is 50.0 Å². The summed E-state index contributed by atoms with van der Waals surface area (Å²) in [7, 11) is -3.85. The first-order valence-corrected chi connectivity index (χ1v) is 15.7. The summed E-state index contributed by atoms with van der Waals surface area (Å²) < 4.78 is 26.5. The van der Waals surface area contributed by atoms with Crippen LogP contribution in [0.1, 0.15) is 56.6 Å². The zero-order chi connectivity index (χ0) is 28.0. The first-order chi connectivity index (χ1) is 17.9. The highest BCUT2D eigenvalue weighted by Crippen LogP contribution is 2.27. The van der Waals surface area contributed by atoms with Gasteiger partial charge in [-0.25, -0.2) is 8.42 Å². The van der Waals surface area contributed by atoms with Crippen molar-refractivity contribution in [2.45, 2.75) is 71.0 Å². The molecule has 2 amide bonds. The van der Waals surface area contributed by atoms with Crippen molar-refractivity contribution in [3.63, 3.8) is 0 Å². The van der Waals surface area contributed by atoms with Gasteiger partial charge >= 0.3 is 0 Å². The number of carbonyl (C=O) groups excluding carboxylic acids is 2. The molecule has 1 saturated carbocycles. The standard InChI is InChI=1S/C27H34Cl3N3O4S/c1-4-25(27(35)31-20-8-6-5-7-9-20)32(16-19-11-13-22(28)24(30)14-19)26(34)17-33(38(3,36)37)21-12-10-18(2)23(29)15-21/h10-15,20,25H,4-9,16-17H2,1-3H3,(H,31,35)/t25-/m0/s1. The molecule has 11 heteroatoms. The fourth-order valence-electron chi connectivity index (χ4n) is 4.65. The number of carbonyl (C=O) groups is 2. The van der Waals surface area contributed by atoms with E-state index in [0.717, 1.165) is 48.2 Å².